The number of nitrogens with zero attached hydrogens (tertiary/aromatic N) is 1. The van der Waals surface area contributed by atoms with E-state index in [1.54, 1.807) is 6.92 Å². The van der Waals surface area contributed by atoms with Crippen LogP contribution in [0.1, 0.15) is 12.5 Å². The second-order valence-corrected chi connectivity index (χ2v) is 4.97. The van der Waals surface area contributed by atoms with E-state index < -0.39 is 16.7 Å². The summed E-state index contributed by atoms with van der Waals surface area (Å²) in [4.78, 5) is 10.3. The molecule has 2 aromatic carbocycles. The summed E-state index contributed by atoms with van der Waals surface area (Å²) in [7, 11) is 0. The minimum atomic E-state index is -4.52. The quantitative estimate of drug-likeness (QED) is 0.421. The van der Waals surface area contributed by atoms with Crippen LogP contribution in [0.2, 0.25) is 5.02 Å². The predicted molar refractivity (Wildman–Crippen MR) is 87.9 cm³/mol. The summed E-state index contributed by atoms with van der Waals surface area (Å²) in [5, 5.41) is 10.7. The molecule has 0 radical (unpaired) electrons. The van der Waals surface area contributed by atoms with E-state index in [4.69, 9.17) is 21.1 Å². The summed E-state index contributed by atoms with van der Waals surface area (Å²) in [6.45, 7) is 1.86. The van der Waals surface area contributed by atoms with Crippen LogP contribution in [0.5, 0.6) is 17.2 Å². The van der Waals surface area contributed by atoms with E-state index in [9.17, 15) is 23.3 Å². The molecule has 0 aliphatic heterocycles. The van der Waals surface area contributed by atoms with Gasteiger partial charge >= 0.3 is 41.4 Å². The second kappa shape index (κ2) is 8.75. The van der Waals surface area contributed by atoms with Crippen LogP contribution in [0.25, 0.3) is 0 Å². The van der Waals surface area contributed by atoms with Crippen molar-refractivity contribution in [3.8, 4) is 17.2 Å². The molecule has 0 aliphatic rings. The van der Waals surface area contributed by atoms with E-state index >= 15 is 0 Å². The SMILES string of the molecule is CCOc1cc(Oc2ccc(C(F)(F)F)cc2Cl)ccc1[N+](=O)[O-].[NaH]. The molecule has 25 heavy (non-hydrogen) atoms. The Labute approximate surface area is 168 Å². The van der Waals surface area contributed by atoms with Gasteiger partial charge in [-0.2, -0.15) is 13.2 Å². The van der Waals surface area contributed by atoms with Crippen molar-refractivity contribution >= 4 is 46.8 Å². The van der Waals surface area contributed by atoms with E-state index in [-0.39, 0.29) is 64.1 Å². The molecule has 0 spiro atoms. The molecular formula is C15H12ClF3NNaO4. The van der Waals surface area contributed by atoms with Crippen LogP contribution >= 0.6 is 11.6 Å². The molecule has 2 rings (SSSR count). The normalized spacial score (nSPS) is 10.8. The molecule has 0 aromatic heterocycles. The zero-order chi connectivity index (χ0) is 17.9. The van der Waals surface area contributed by atoms with Gasteiger partial charge in [0, 0.05) is 12.1 Å². The Balaban J connectivity index is 0.00000312. The summed E-state index contributed by atoms with van der Waals surface area (Å²) in [5.41, 5.74) is -1.15. The molecule has 0 saturated heterocycles. The molecule has 0 amide bonds. The number of hydrogen-bond acceptors (Lipinski definition) is 4. The number of nitro groups is 1. The van der Waals surface area contributed by atoms with E-state index in [0.717, 1.165) is 18.2 Å². The first-order valence-corrected chi connectivity index (χ1v) is 7.06. The van der Waals surface area contributed by atoms with Crippen LogP contribution in [0.3, 0.4) is 0 Å². The summed E-state index contributed by atoms with van der Waals surface area (Å²) in [5.74, 6) is 0.120. The predicted octanol–water partition coefficient (Wildman–Crippen LogP) is 4.81. The molecule has 2 aromatic rings. The molecule has 0 N–H and O–H groups in total. The van der Waals surface area contributed by atoms with Crippen molar-refractivity contribution in [1.29, 1.82) is 0 Å². The van der Waals surface area contributed by atoms with E-state index in [1.807, 2.05) is 0 Å². The summed E-state index contributed by atoms with van der Waals surface area (Å²) < 4.78 is 48.4. The maximum atomic E-state index is 12.6. The van der Waals surface area contributed by atoms with Crippen molar-refractivity contribution < 1.29 is 27.6 Å². The number of halogens is 4. The van der Waals surface area contributed by atoms with E-state index in [2.05, 4.69) is 0 Å². The summed E-state index contributed by atoms with van der Waals surface area (Å²) in [6.07, 6.45) is -4.52. The van der Waals surface area contributed by atoms with Gasteiger partial charge in [-0.1, -0.05) is 11.6 Å². The zero-order valence-electron chi connectivity index (χ0n) is 12.3. The van der Waals surface area contributed by atoms with Crippen LogP contribution in [-0.4, -0.2) is 41.1 Å². The van der Waals surface area contributed by atoms with Gasteiger partial charge in [-0.3, -0.25) is 10.1 Å². The topological polar surface area (TPSA) is 61.6 Å². The molecule has 0 fully saturated rings. The first-order chi connectivity index (χ1) is 11.2. The Hall–Kier alpha value is -1.48. The average Bonchev–Trinajstić information content (AvgIpc) is 2.48. The number of nitro benzene ring substituents is 1. The van der Waals surface area contributed by atoms with Gasteiger partial charge in [-0.25, -0.2) is 0 Å². The molecule has 0 unspecified atom stereocenters. The second-order valence-electron chi connectivity index (χ2n) is 4.56. The van der Waals surface area contributed by atoms with Crippen molar-refractivity contribution in [2.24, 2.45) is 0 Å². The van der Waals surface area contributed by atoms with Gasteiger partial charge in [-0.15, -0.1) is 0 Å². The number of ether oxygens (including phenoxy) is 2. The Bertz CT molecular complexity index is 771. The number of benzene rings is 2. The van der Waals surface area contributed by atoms with Gasteiger partial charge < -0.3 is 9.47 Å². The van der Waals surface area contributed by atoms with Crippen molar-refractivity contribution in [1.82, 2.24) is 0 Å². The number of alkyl halides is 3. The van der Waals surface area contributed by atoms with E-state index in [1.165, 1.54) is 18.2 Å². The third-order valence-electron chi connectivity index (χ3n) is 2.91. The van der Waals surface area contributed by atoms with Crippen molar-refractivity contribution in [3.05, 3.63) is 57.1 Å². The standard InChI is InChI=1S/C15H11ClF3NO4.Na.H/c1-2-23-14-8-10(4-5-12(14)20(21)22)24-13-6-3-9(7-11(13)16)15(17,18)19;;/h3-8H,2H2,1H3;;. The van der Waals surface area contributed by atoms with Gasteiger partial charge in [0.1, 0.15) is 11.5 Å². The molecule has 0 atom stereocenters. The zero-order valence-corrected chi connectivity index (χ0v) is 13.0. The fourth-order valence-corrected chi connectivity index (χ4v) is 2.09. The van der Waals surface area contributed by atoms with Crippen LogP contribution in [0.4, 0.5) is 18.9 Å². The Morgan fingerprint density at radius 2 is 1.84 bits per heavy atom. The third-order valence-corrected chi connectivity index (χ3v) is 3.21. The summed E-state index contributed by atoms with van der Waals surface area (Å²) in [6, 6.07) is 6.40. The fraction of sp³-hybridized carbons (Fsp3) is 0.200. The molecule has 130 valence electrons. The molecule has 0 aliphatic carbocycles. The Kier molecular flexibility index (Phi) is 7.55. The molecular weight excluding hydrogens is 374 g/mol. The van der Waals surface area contributed by atoms with Crippen molar-refractivity contribution in [3.63, 3.8) is 0 Å². The Morgan fingerprint density at radius 1 is 1.16 bits per heavy atom. The van der Waals surface area contributed by atoms with Gasteiger partial charge in [-0.05, 0) is 31.2 Å². The fourth-order valence-electron chi connectivity index (χ4n) is 1.87. The van der Waals surface area contributed by atoms with Gasteiger partial charge in [0.15, 0.2) is 0 Å². The monoisotopic (exact) mass is 385 g/mol. The first kappa shape index (κ1) is 21.6. The molecule has 0 bridgehead atoms. The number of hydrogen-bond donors (Lipinski definition) is 0. The van der Waals surface area contributed by atoms with Crippen molar-refractivity contribution in [2.45, 2.75) is 13.1 Å². The van der Waals surface area contributed by atoms with Crippen LogP contribution in [0.15, 0.2) is 36.4 Å². The molecule has 0 saturated carbocycles. The third kappa shape index (κ3) is 5.50. The Morgan fingerprint density at radius 3 is 2.36 bits per heavy atom. The summed E-state index contributed by atoms with van der Waals surface area (Å²) >= 11 is 5.80. The molecule has 10 heteroatoms. The van der Waals surface area contributed by atoms with Crippen LogP contribution in [0, 0.1) is 10.1 Å². The number of rotatable bonds is 5. The van der Waals surface area contributed by atoms with Gasteiger partial charge in [0.05, 0.1) is 22.1 Å². The average molecular weight is 386 g/mol. The van der Waals surface area contributed by atoms with Gasteiger partial charge in [0.2, 0.25) is 5.75 Å². The first-order valence-electron chi connectivity index (χ1n) is 6.68. The van der Waals surface area contributed by atoms with Crippen LogP contribution in [-0.2, 0) is 6.18 Å². The van der Waals surface area contributed by atoms with E-state index in [0.29, 0.717) is 0 Å². The maximum absolute atomic E-state index is 12.6. The molecule has 0 heterocycles. The van der Waals surface area contributed by atoms with Crippen LogP contribution < -0.4 is 9.47 Å². The minimum absolute atomic E-state index is 0. The molecule has 5 nitrogen and oxygen atoms in total. The van der Waals surface area contributed by atoms with Gasteiger partial charge in [0.25, 0.3) is 0 Å². The van der Waals surface area contributed by atoms with Crippen molar-refractivity contribution in [2.75, 3.05) is 6.61 Å².